The fourth-order valence-corrected chi connectivity index (χ4v) is 4.89. The number of aryl methyl sites for hydroxylation is 1. The van der Waals surface area contributed by atoms with Crippen LogP contribution in [0.3, 0.4) is 0 Å². The van der Waals surface area contributed by atoms with E-state index in [1.807, 2.05) is 31.6 Å². The largest absolute Gasteiger partial charge is 0.366 e. The van der Waals surface area contributed by atoms with E-state index in [1.165, 1.54) is 23.5 Å². The number of halogens is 1. The number of fused-ring (bicyclic) bond motifs is 1. The highest BCUT2D eigenvalue weighted by Gasteiger charge is 2.28. The number of thiophene rings is 1. The normalized spacial score (nSPS) is 17.0. The predicted molar refractivity (Wildman–Crippen MR) is 125 cm³/mol. The molecule has 0 bridgehead atoms. The molecule has 0 radical (unpaired) electrons. The number of carbonyl (C=O) groups excluding carboxylic acids is 1. The smallest absolute Gasteiger partial charge is 0.263 e. The molecular formula is C24H22FN5OS. The van der Waals surface area contributed by atoms with Crippen molar-refractivity contribution in [3.63, 3.8) is 0 Å². The van der Waals surface area contributed by atoms with E-state index >= 15 is 0 Å². The Morgan fingerprint density at radius 3 is 2.72 bits per heavy atom. The van der Waals surface area contributed by atoms with Crippen LogP contribution in [0.15, 0.2) is 67.1 Å². The van der Waals surface area contributed by atoms with Gasteiger partial charge in [0.25, 0.3) is 5.91 Å². The van der Waals surface area contributed by atoms with Crippen LogP contribution in [-0.2, 0) is 7.05 Å². The Labute approximate surface area is 189 Å². The summed E-state index contributed by atoms with van der Waals surface area (Å²) in [4.78, 5) is 17.8. The predicted octanol–water partition coefficient (Wildman–Crippen LogP) is 4.13. The van der Waals surface area contributed by atoms with Crippen LogP contribution in [0, 0.1) is 5.82 Å². The molecule has 6 nitrogen and oxygen atoms in total. The zero-order valence-corrected chi connectivity index (χ0v) is 18.7. The lowest BCUT2D eigenvalue weighted by molar-refractivity contribution is 0.0832. The molecule has 0 spiro atoms. The number of hydrogen-bond donors (Lipinski definition) is 1. The van der Waals surface area contributed by atoms with Crippen molar-refractivity contribution in [1.82, 2.24) is 24.9 Å². The molecule has 2 aromatic heterocycles. The van der Waals surface area contributed by atoms with Crippen LogP contribution in [0.4, 0.5) is 4.39 Å². The Morgan fingerprint density at radius 1 is 1.19 bits per heavy atom. The lowest BCUT2D eigenvalue weighted by atomic mass is 10.00. The first kappa shape index (κ1) is 20.3. The molecule has 1 N–H and O–H groups in total. The van der Waals surface area contributed by atoms with Crippen molar-refractivity contribution < 1.29 is 9.18 Å². The maximum atomic E-state index is 13.4. The second-order valence-electron chi connectivity index (χ2n) is 7.93. The van der Waals surface area contributed by atoms with Crippen molar-refractivity contribution in [3.05, 3.63) is 88.3 Å². The van der Waals surface area contributed by atoms with Crippen molar-refractivity contribution in [1.29, 1.82) is 0 Å². The van der Waals surface area contributed by atoms with Gasteiger partial charge in [-0.2, -0.15) is 5.10 Å². The van der Waals surface area contributed by atoms with Crippen LogP contribution in [0.2, 0.25) is 0 Å². The fourth-order valence-electron chi connectivity index (χ4n) is 3.84. The second kappa shape index (κ2) is 7.80. The van der Waals surface area contributed by atoms with Gasteiger partial charge in [-0.25, -0.2) is 4.39 Å². The Balaban J connectivity index is 1.49. The monoisotopic (exact) mass is 447 g/mol. The van der Waals surface area contributed by atoms with Gasteiger partial charge in [0.15, 0.2) is 0 Å². The average molecular weight is 448 g/mol. The SMILES string of the molecule is CN(C)C(=O)c1ccc(C2=CNC3C=CC(c4cn(C)nc4-c4ccc(F)cc4)=CN23)s1. The summed E-state index contributed by atoms with van der Waals surface area (Å²) < 4.78 is 15.2. The summed E-state index contributed by atoms with van der Waals surface area (Å²) >= 11 is 1.48. The number of nitrogens with zero attached hydrogens (tertiary/aromatic N) is 4. The van der Waals surface area contributed by atoms with Crippen molar-refractivity contribution >= 4 is 28.5 Å². The first-order valence-corrected chi connectivity index (χ1v) is 11.0. The van der Waals surface area contributed by atoms with Crippen molar-refractivity contribution in [2.24, 2.45) is 7.05 Å². The number of amides is 1. The third-order valence-electron chi connectivity index (χ3n) is 5.44. The quantitative estimate of drug-likeness (QED) is 0.654. The van der Waals surface area contributed by atoms with Crippen molar-refractivity contribution in [3.8, 4) is 11.3 Å². The molecule has 0 saturated heterocycles. The average Bonchev–Trinajstić information content (AvgIpc) is 3.51. The topological polar surface area (TPSA) is 53.4 Å². The summed E-state index contributed by atoms with van der Waals surface area (Å²) in [7, 11) is 5.39. The lowest BCUT2D eigenvalue weighted by Crippen LogP contribution is -2.32. The third kappa shape index (κ3) is 3.52. The summed E-state index contributed by atoms with van der Waals surface area (Å²) in [5.41, 5.74) is 4.64. The van der Waals surface area contributed by atoms with Crippen molar-refractivity contribution in [2.75, 3.05) is 14.1 Å². The molecule has 0 saturated carbocycles. The Morgan fingerprint density at radius 2 is 1.97 bits per heavy atom. The number of nitrogens with one attached hydrogen (secondary N) is 1. The van der Waals surface area contributed by atoms with E-state index in [0.717, 1.165) is 33.0 Å². The highest BCUT2D eigenvalue weighted by molar-refractivity contribution is 7.15. The van der Waals surface area contributed by atoms with Gasteiger partial charge in [0.05, 0.1) is 15.5 Å². The summed E-state index contributed by atoms with van der Waals surface area (Å²) in [5.74, 6) is -0.273. The van der Waals surface area contributed by atoms with E-state index < -0.39 is 0 Å². The van der Waals surface area contributed by atoms with E-state index in [-0.39, 0.29) is 17.9 Å². The molecule has 0 aliphatic carbocycles. The van der Waals surface area contributed by atoms with Crippen LogP contribution < -0.4 is 5.32 Å². The van der Waals surface area contributed by atoms with Crippen LogP contribution in [0.25, 0.3) is 22.5 Å². The van der Waals surface area contributed by atoms with Gasteiger partial charge in [-0.15, -0.1) is 11.3 Å². The molecule has 0 fully saturated rings. The van der Waals surface area contributed by atoms with E-state index in [0.29, 0.717) is 4.88 Å². The van der Waals surface area contributed by atoms with Gasteiger partial charge >= 0.3 is 0 Å². The molecule has 2 aliphatic heterocycles. The Kier molecular flexibility index (Phi) is 4.94. The Hall–Kier alpha value is -3.65. The molecule has 162 valence electrons. The van der Waals surface area contributed by atoms with Gasteiger partial charge in [-0.05, 0) is 42.5 Å². The van der Waals surface area contributed by atoms with E-state index in [4.69, 9.17) is 0 Å². The number of benzene rings is 1. The molecule has 1 amide bonds. The number of rotatable bonds is 4. The van der Waals surface area contributed by atoms with E-state index in [2.05, 4.69) is 33.7 Å². The molecule has 8 heteroatoms. The minimum atomic E-state index is -0.271. The maximum absolute atomic E-state index is 13.4. The Bertz CT molecular complexity index is 1280. The highest BCUT2D eigenvalue weighted by Crippen LogP contribution is 2.37. The molecule has 3 aromatic rings. The summed E-state index contributed by atoms with van der Waals surface area (Å²) in [5, 5.41) is 8.00. The standard InChI is InChI=1S/C24H22FN5OS/c1-28(2)24(31)21-10-9-20(32-21)19-12-26-22-11-6-16(13-30(19)22)18-14-29(3)27-23(18)15-4-7-17(25)8-5-15/h4-14,22,26H,1-3H3. The maximum Gasteiger partial charge on any atom is 0.263 e. The molecule has 1 unspecified atom stereocenters. The summed E-state index contributed by atoms with van der Waals surface area (Å²) in [6.45, 7) is 0. The van der Waals surface area contributed by atoms with Crippen LogP contribution in [0.1, 0.15) is 20.1 Å². The van der Waals surface area contributed by atoms with E-state index in [9.17, 15) is 9.18 Å². The van der Waals surface area contributed by atoms with Crippen LogP contribution >= 0.6 is 11.3 Å². The molecule has 1 aromatic carbocycles. The van der Waals surface area contributed by atoms with Gasteiger partial charge in [0.1, 0.15) is 17.7 Å². The van der Waals surface area contributed by atoms with Gasteiger partial charge in [-0.1, -0.05) is 6.08 Å². The number of aromatic nitrogens is 2. The molecule has 1 atom stereocenters. The molecular weight excluding hydrogens is 425 g/mol. The zero-order chi connectivity index (χ0) is 22.4. The molecule has 32 heavy (non-hydrogen) atoms. The van der Waals surface area contributed by atoms with E-state index in [1.54, 1.807) is 35.8 Å². The molecule has 5 rings (SSSR count). The summed E-state index contributed by atoms with van der Waals surface area (Å²) in [6.07, 6.45) is 10.2. The number of hydrogen-bond acceptors (Lipinski definition) is 5. The minimum absolute atomic E-state index is 0.00146. The second-order valence-corrected chi connectivity index (χ2v) is 9.01. The van der Waals surface area contributed by atoms with Gasteiger partial charge in [0.2, 0.25) is 0 Å². The van der Waals surface area contributed by atoms with Gasteiger partial charge in [-0.3, -0.25) is 9.48 Å². The van der Waals surface area contributed by atoms with Crippen LogP contribution in [-0.4, -0.2) is 45.7 Å². The first-order valence-electron chi connectivity index (χ1n) is 10.2. The molecule has 2 aliphatic rings. The number of allylic oxidation sites excluding steroid dienone is 2. The molecule has 4 heterocycles. The van der Waals surface area contributed by atoms with Gasteiger partial charge < -0.3 is 15.1 Å². The first-order chi connectivity index (χ1) is 15.4. The lowest BCUT2D eigenvalue weighted by Gasteiger charge is -2.27. The third-order valence-corrected chi connectivity index (χ3v) is 6.53. The van der Waals surface area contributed by atoms with Gasteiger partial charge in [0, 0.05) is 56.4 Å². The number of carbonyl (C=O) groups is 1. The zero-order valence-electron chi connectivity index (χ0n) is 17.9. The van der Waals surface area contributed by atoms with Crippen molar-refractivity contribution in [2.45, 2.75) is 6.17 Å². The summed E-state index contributed by atoms with van der Waals surface area (Å²) in [6, 6.07) is 10.2. The fraction of sp³-hybridized carbons (Fsp3) is 0.167. The van der Waals surface area contributed by atoms with Crippen LogP contribution in [0.5, 0.6) is 0 Å². The minimum Gasteiger partial charge on any atom is -0.366 e. The highest BCUT2D eigenvalue weighted by atomic mass is 32.1.